The van der Waals surface area contributed by atoms with Crippen LogP contribution in [0.15, 0.2) is 53.6 Å². The summed E-state index contributed by atoms with van der Waals surface area (Å²) in [6, 6.07) is 27.5. The summed E-state index contributed by atoms with van der Waals surface area (Å²) < 4.78 is 17.0. The number of hydrogen-bond donors (Lipinski definition) is 0. The number of benzene rings is 3. The normalized spacial score (nSPS) is 11.9. The van der Waals surface area contributed by atoms with Crippen molar-refractivity contribution < 1.29 is 4.39 Å². The minimum absolute atomic E-state index is 0.0105. The van der Waals surface area contributed by atoms with E-state index in [1.165, 1.54) is 42.5 Å². The van der Waals surface area contributed by atoms with E-state index in [2.05, 4.69) is 0 Å². The Bertz CT molecular complexity index is 2420. The summed E-state index contributed by atoms with van der Waals surface area (Å²) in [7, 11) is 0. The Morgan fingerprint density at radius 1 is 0.447 bits per heavy atom. The molecule has 3 aromatic carbocycles. The highest BCUT2D eigenvalue weighted by molar-refractivity contribution is 6.30. The maximum atomic E-state index is 17.0. The first-order valence-corrected chi connectivity index (χ1v) is 13.0. The topological polar surface area (TPSA) is 238 Å². The maximum Gasteiger partial charge on any atom is 0.141 e. The number of rotatable bonds is 2. The van der Waals surface area contributed by atoms with Crippen LogP contribution in [0, 0.1) is 119 Å². The van der Waals surface area contributed by atoms with Crippen molar-refractivity contribution >= 4 is 33.4 Å². The van der Waals surface area contributed by atoms with Crippen molar-refractivity contribution in [2.24, 2.45) is 0 Å². The highest BCUT2D eigenvalue weighted by Gasteiger charge is 2.40. The smallest absolute Gasteiger partial charge is 0.141 e. The van der Waals surface area contributed by atoms with Gasteiger partial charge in [-0.1, -0.05) is 12.1 Å². The Morgan fingerprint density at radius 2 is 0.809 bits per heavy atom. The van der Waals surface area contributed by atoms with Crippen molar-refractivity contribution in [3.05, 3.63) is 115 Å². The summed E-state index contributed by atoms with van der Waals surface area (Å²) in [6.45, 7) is 0. The number of halogens is 1. The molecular weight excluding hydrogens is 591 g/mol. The van der Waals surface area contributed by atoms with Gasteiger partial charge in [-0.2, -0.15) is 52.6 Å². The average molecular weight is 599 g/mol. The molecule has 0 N–H and O–H groups in total. The van der Waals surface area contributed by atoms with Crippen molar-refractivity contribution in [2.75, 3.05) is 0 Å². The fraction of sp³-hybridized carbons (Fsp3) is 0. The van der Waals surface area contributed by atoms with Gasteiger partial charge < -0.3 is 0 Å². The molecule has 0 bridgehead atoms. The summed E-state index contributed by atoms with van der Waals surface area (Å²) in [5, 5.41) is 98.5. The molecule has 0 spiro atoms. The van der Waals surface area contributed by atoms with Crippen LogP contribution in [0.5, 0.6) is 0 Å². The highest BCUT2D eigenvalue weighted by atomic mass is 19.1. The van der Waals surface area contributed by atoms with Crippen molar-refractivity contribution in [1.29, 1.82) is 52.6 Å². The van der Waals surface area contributed by atoms with E-state index >= 15 is 4.39 Å². The first-order valence-electron chi connectivity index (χ1n) is 13.0. The van der Waals surface area contributed by atoms with Gasteiger partial charge in [0.25, 0.3) is 0 Å². The molecule has 3 aromatic rings. The van der Waals surface area contributed by atoms with E-state index in [4.69, 9.17) is 0 Å². The Labute approximate surface area is 265 Å². The Kier molecular flexibility index (Phi) is 7.40. The van der Waals surface area contributed by atoms with Crippen LogP contribution >= 0.6 is 0 Å². The molecule has 0 saturated heterocycles. The molecule has 0 atom stereocenters. The van der Waals surface area contributed by atoms with Crippen molar-refractivity contribution in [3.63, 3.8) is 0 Å². The van der Waals surface area contributed by atoms with Gasteiger partial charge in [0.05, 0.1) is 33.4 Å². The second-order valence-corrected chi connectivity index (χ2v) is 9.67. The molecule has 0 fully saturated rings. The molecule has 208 valence electrons. The fourth-order valence-electron chi connectivity index (χ4n) is 5.68. The van der Waals surface area contributed by atoms with Crippen LogP contribution in [0.1, 0.15) is 55.6 Å². The van der Waals surface area contributed by atoms with Gasteiger partial charge in [-0.15, -0.1) is 0 Å². The first-order chi connectivity index (χ1) is 22.8. The second-order valence-electron chi connectivity index (χ2n) is 9.67. The summed E-state index contributed by atoms with van der Waals surface area (Å²) in [5.41, 5.74) is -3.15. The molecule has 0 unspecified atom stereocenters. The lowest BCUT2D eigenvalue weighted by molar-refractivity contribution is 0.621. The summed E-state index contributed by atoms with van der Waals surface area (Å²) in [4.78, 5) is 0. The van der Waals surface area contributed by atoms with Gasteiger partial charge >= 0.3 is 0 Å². The molecule has 5 rings (SSSR count). The third-order valence-corrected chi connectivity index (χ3v) is 7.57. The van der Waals surface area contributed by atoms with Gasteiger partial charge in [-0.05, 0) is 52.6 Å². The lowest BCUT2D eigenvalue weighted by atomic mass is 9.88. The van der Waals surface area contributed by atoms with Crippen LogP contribution in [0.3, 0.4) is 0 Å². The molecule has 0 aromatic heterocycles. The van der Waals surface area contributed by atoms with E-state index in [1.54, 1.807) is 24.3 Å². The van der Waals surface area contributed by atoms with E-state index in [0.29, 0.717) is 0 Å². The minimum Gasteiger partial charge on any atom is -0.206 e. The zero-order valence-electron chi connectivity index (χ0n) is 23.4. The first kappa shape index (κ1) is 29.9. The zero-order chi connectivity index (χ0) is 34.0. The van der Waals surface area contributed by atoms with Gasteiger partial charge in [-0.3, -0.25) is 0 Å². The van der Waals surface area contributed by atoms with Crippen LogP contribution in [0.2, 0.25) is 0 Å². The monoisotopic (exact) mass is 598 g/mol. The highest BCUT2D eigenvalue weighted by Crippen LogP contribution is 2.55. The van der Waals surface area contributed by atoms with E-state index in [1.807, 2.05) is 36.4 Å². The average Bonchev–Trinajstić information content (AvgIpc) is 3.62. The van der Waals surface area contributed by atoms with Gasteiger partial charge in [0.2, 0.25) is 0 Å². The third kappa shape index (κ3) is 4.23. The number of fused-ring (bicyclic) bond motifs is 2. The summed E-state index contributed by atoms with van der Waals surface area (Å²) >= 11 is 0. The molecule has 0 amide bonds. The third-order valence-electron chi connectivity index (χ3n) is 7.57. The van der Waals surface area contributed by atoms with Gasteiger partial charge in [-0.25, -0.2) is 4.39 Å². The molecule has 0 heterocycles. The molecular formula is C36H7FN10. The minimum atomic E-state index is -1.13. The van der Waals surface area contributed by atoms with E-state index in [9.17, 15) is 52.6 Å². The molecule has 2 aliphatic carbocycles. The number of hydrogen-bond acceptors (Lipinski definition) is 10. The number of allylic oxidation sites excluding steroid dienone is 8. The quantitative estimate of drug-likeness (QED) is 0.320. The van der Waals surface area contributed by atoms with Crippen LogP contribution in [-0.2, 0) is 0 Å². The predicted octanol–water partition coefficient (Wildman–Crippen LogP) is 5.81. The summed E-state index contributed by atoms with van der Waals surface area (Å²) in [6.07, 6.45) is 0. The molecule has 0 saturated carbocycles. The number of nitriles is 10. The van der Waals surface area contributed by atoms with Gasteiger partial charge in [0, 0.05) is 33.4 Å². The molecule has 47 heavy (non-hydrogen) atoms. The van der Waals surface area contributed by atoms with Crippen molar-refractivity contribution in [3.8, 4) is 60.7 Å². The second kappa shape index (κ2) is 11.6. The SMILES string of the molecule is N#CC(C#N)=C1C(c2ccc(C#N)c(C#N)c2)=C(C#N)c2c1cc1c(c2F)C(C#N)=C(c2ccc(C#N)c(C#N)c2)C1=C(C#N)C#N. The van der Waals surface area contributed by atoms with Crippen LogP contribution in [0.4, 0.5) is 4.39 Å². The van der Waals surface area contributed by atoms with E-state index in [0.717, 1.165) is 0 Å². The molecule has 10 nitrogen and oxygen atoms in total. The van der Waals surface area contributed by atoms with E-state index in [-0.39, 0.29) is 89.1 Å². The molecule has 0 radical (unpaired) electrons. The Morgan fingerprint density at radius 3 is 1.11 bits per heavy atom. The van der Waals surface area contributed by atoms with Crippen LogP contribution in [-0.4, -0.2) is 0 Å². The predicted molar refractivity (Wildman–Crippen MR) is 159 cm³/mol. The van der Waals surface area contributed by atoms with Crippen LogP contribution in [0.25, 0.3) is 33.4 Å². The standard InChI is InChI=1S/C36H7FN10/c37-36-34-26(32(24(12-42)13-43)30(28(34)16-46)18-1-3-20(8-38)22(5-18)10-40)7-27-33(25(14-44)15-45)31(29(17-47)35(27)36)19-2-4-21(9-39)23(6-19)11-41/h1-7H. The van der Waals surface area contributed by atoms with Gasteiger partial charge in [0.15, 0.2) is 0 Å². The summed E-state index contributed by atoms with van der Waals surface area (Å²) in [5.74, 6) is -1.13. The zero-order valence-corrected chi connectivity index (χ0v) is 23.4. The molecule has 2 aliphatic rings. The molecule has 0 aliphatic heterocycles. The van der Waals surface area contributed by atoms with Crippen molar-refractivity contribution in [2.45, 2.75) is 0 Å². The Balaban J connectivity index is 1.99. The van der Waals surface area contributed by atoms with Crippen molar-refractivity contribution in [1.82, 2.24) is 0 Å². The van der Waals surface area contributed by atoms with Gasteiger partial charge in [0.1, 0.15) is 77.7 Å². The fourth-order valence-corrected chi connectivity index (χ4v) is 5.68. The largest absolute Gasteiger partial charge is 0.206 e. The lowest BCUT2D eigenvalue weighted by Crippen LogP contribution is -2.00. The lowest BCUT2D eigenvalue weighted by Gasteiger charge is -2.13. The van der Waals surface area contributed by atoms with E-state index < -0.39 is 17.0 Å². The molecule has 11 heteroatoms. The Hall–Kier alpha value is -8.55. The number of nitrogens with zero attached hydrogens (tertiary/aromatic N) is 10. The van der Waals surface area contributed by atoms with Crippen LogP contribution < -0.4 is 0 Å². The maximum absolute atomic E-state index is 17.0.